The maximum Gasteiger partial charge on any atom is 0.261 e. The van der Waals surface area contributed by atoms with Crippen molar-refractivity contribution in [1.82, 2.24) is 24.7 Å². The number of amides is 2. The monoisotopic (exact) mass is 433 g/mol. The third-order valence-corrected chi connectivity index (χ3v) is 8.93. The number of rotatable bonds is 4. The second-order valence-electron chi connectivity index (χ2n) is 9.97. The molecular formula is C23H23N5O2S. The summed E-state index contributed by atoms with van der Waals surface area (Å²) < 4.78 is 1.97. The molecule has 0 atom stereocenters. The highest BCUT2D eigenvalue weighted by molar-refractivity contribution is 7.16. The average Bonchev–Trinajstić information content (AvgIpc) is 3.39. The van der Waals surface area contributed by atoms with Gasteiger partial charge in [0.25, 0.3) is 11.8 Å². The molecule has 3 aromatic rings. The number of carbonyl (C=O) groups is 2. The molecule has 4 saturated carbocycles. The fraction of sp³-hybridized carbons (Fsp3) is 0.522. The number of imide groups is 1. The SMILES string of the molecule is O=C1c2ccccc2C(=O)N1CCc1nn2c(C34CC5CC(CC(C5)C3)C4)nnc2s1. The molecule has 0 radical (unpaired) electrons. The van der Waals surface area contributed by atoms with Gasteiger partial charge in [0.15, 0.2) is 5.82 Å². The van der Waals surface area contributed by atoms with Crippen LogP contribution < -0.4 is 0 Å². The summed E-state index contributed by atoms with van der Waals surface area (Å²) in [5.74, 6) is 3.14. The number of benzene rings is 1. The Morgan fingerprint density at radius 1 is 0.935 bits per heavy atom. The van der Waals surface area contributed by atoms with E-state index in [4.69, 9.17) is 5.10 Å². The molecule has 8 rings (SSSR count). The van der Waals surface area contributed by atoms with Crippen LogP contribution in [-0.2, 0) is 11.8 Å². The van der Waals surface area contributed by atoms with Gasteiger partial charge in [0.05, 0.1) is 11.1 Å². The Bertz CT molecular complexity index is 1170. The Balaban J connectivity index is 1.15. The van der Waals surface area contributed by atoms with E-state index in [0.29, 0.717) is 24.1 Å². The number of aromatic nitrogens is 4. The topological polar surface area (TPSA) is 80.5 Å². The molecule has 3 heterocycles. The molecule has 1 aliphatic heterocycles. The van der Waals surface area contributed by atoms with Crippen LogP contribution in [-0.4, -0.2) is 43.1 Å². The first-order valence-electron chi connectivity index (χ1n) is 11.3. The Hall–Kier alpha value is -2.61. The minimum atomic E-state index is -0.210. The average molecular weight is 434 g/mol. The predicted molar refractivity (Wildman–Crippen MR) is 114 cm³/mol. The van der Waals surface area contributed by atoms with Crippen LogP contribution in [0, 0.1) is 17.8 Å². The number of carbonyl (C=O) groups excluding carboxylic acids is 2. The van der Waals surface area contributed by atoms with Gasteiger partial charge in [-0.3, -0.25) is 14.5 Å². The molecule has 0 spiro atoms. The van der Waals surface area contributed by atoms with Gasteiger partial charge in [-0.25, -0.2) is 0 Å². The first kappa shape index (κ1) is 18.0. The summed E-state index contributed by atoms with van der Waals surface area (Å²) in [6, 6.07) is 7.03. The Kier molecular flexibility index (Phi) is 3.61. The van der Waals surface area contributed by atoms with E-state index >= 15 is 0 Å². The maximum atomic E-state index is 12.6. The maximum absolute atomic E-state index is 12.6. The first-order valence-corrected chi connectivity index (χ1v) is 12.1. The van der Waals surface area contributed by atoms with Crippen LogP contribution in [0.2, 0.25) is 0 Å². The molecule has 4 bridgehead atoms. The highest BCUT2D eigenvalue weighted by Gasteiger charge is 2.54. The molecule has 7 nitrogen and oxygen atoms in total. The lowest BCUT2D eigenvalue weighted by Crippen LogP contribution is -2.49. The van der Waals surface area contributed by atoms with E-state index in [0.717, 1.165) is 33.5 Å². The minimum absolute atomic E-state index is 0.141. The summed E-state index contributed by atoms with van der Waals surface area (Å²) >= 11 is 1.52. The zero-order valence-electron chi connectivity index (χ0n) is 17.2. The molecule has 4 aliphatic carbocycles. The molecule has 1 aromatic carbocycles. The van der Waals surface area contributed by atoms with Crippen molar-refractivity contribution in [3.63, 3.8) is 0 Å². The third-order valence-electron chi connectivity index (χ3n) is 7.97. The fourth-order valence-electron chi connectivity index (χ4n) is 7.12. The van der Waals surface area contributed by atoms with Gasteiger partial charge in [-0.2, -0.15) is 9.61 Å². The van der Waals surface area contributed by atoms with E-state index in [1.54, 1.807) is 24.3 Å². The molecule has 0 unspecified atom stereocenters. The van der Waals surface area contributed by atoms with Gasteiger partial charge < -0.3 is 0 Å². The Morgan fingerprint density at radius 3 is 2.16 bits per heavy atom. The summed E-state index contributed by atoms with van der Waals surface area (Å²) in [6.45, 7) is 0.336. The standard InChI is InChI=1S/C23H23N5O2S/c29-19-16-3-1-2-4-17(16)20(30)27(19)6-5-18-26-28-21(24-25-22(28)31-18)23-10-13-7-14(11-23)9-15(8-13)12-23/h1-4,13-15H,5-12H2. The fourth-order valence-corrected chi connectivity index (χ4v) is 7.94. The minimum Gasteiger partial charge on any atom is -0.274 e. The van der Waals surface area contributed by atoms with Crippen molar-refractivity contribution in [1.29, 1.82) is 0 Å². The largest absolute Gasteiger partial charge is 0.274 e. The van der Waals surface area contributed by atoms with E-state index in [9.17, 15) is 9.59 Å². The lowest BCUT2D eigenvalue weighted by Gasteiger charge is -2.55. The van der Waals surface area contributed by atoms with Crippen molar-refractivity contribution in [3.05, 3.63) is 46.2 Å². The Morgan fingerprint density at radius 2 is 1.55 bits per heavy atom. The zero-order valence-corrected chi connectivity index (χ0v) is 18.0. The first-order chi connectivity index (χ1) is 15.1. The second kappa shape index (κ2) is 6.22. The highest BCUT2D eigenvalue weighted by Crippen LogP contribution is 2.60. The van der Waals surface area contributed by atoms with Crippen LogP contribution in [0.5, 0.6) is 0 Å². The lowest BCUT2D eigenvalue weighted by molar-refractivity contribution is -0.0103. The normalized spacial score (nSPS) is 31.2. The molecular weight excluding hydrogens is 410 g/mol. The van der Waals surface area contributed by atoms with Gasteiger partial charge in [-0.05, 0) is 68.4 Å². The van der Waals surface area contributed by atoms with Crippen molar-refractivity contribution in [2.75, 3.05) is 6.54 Å². The van der Waals surface area contributed by atoms with E-state index in [2.05, 4.69) is 10.2 Å². The summed E-state index contributed by atoms with van der Waals surface area (Å²) in [5, 5.41) is 14.8. The molecule has 4 fully saturated rings. The van der Waals surface area contributed by atoms with Crippen LogP contribution in [0.1, 0.15) is 70.1 Å². The summed E-state index contributed by atoms with van der Waals surface area (Å²) in [6.07, 6.45) is 8.39. The highest BCUT2D eigenvalue weighted by atomic mass is 32.1. The molecule has 5 aliphatic rings. The number of nitrogens with zero attached hydrogens (tertiary/aromatic N) is 5. The molecule has 2 amide bonds. The van der Waals surface area contributed by atoms with Crippen LogP contribution in [0.4, 0.5) is 0 Å². The van der Waals surface area contributed by atoms with Crippen LogP contribution in [0.3, 0.4) is 0 Å². The molecule has 0 saturated heterocycles. The molecule has 158 valence electrons. The van der Waals surface area contributed by atoms with Crippen molar-refractivity contribution in [2.24, 2.45) is 17.8 Å². The van der Waals surface area contributed by atoms with E-state index < -0.39 is 0 Å². The van der Waals surface area contributed by atoms with Crippen LogP contribution in [0.25, 0.3) is 4.96 Å². The Labute approximate surface area is 183 Å². The summed E-state index contributed by atoms with van der Waals surface area (Å²) in [4.78, 5) is 27.4. The van der Waals surface area contributed by atoms with Gasteiger partial charge in [0, 0.05) is 18.4 Å². The van der Waals surface area contributed by atoms with Crippen molar-refractivity contribution in [2.45, 2.75) is 50.4 Å². The van der Waals surface area contributed by atoms with Crippen molar-refractivity contribution < 1.29 is 9.59 Å². The number of hydrogen-bond acceptors (Lipinski definition) is 6. The van der Waals surface area contributed by atoms with Gasteiger partial charge >= 0.3 is 0 Å². The van der Waals surface area contributed by atoms with Gasteiger partial charge in [0.1, 0.15) is 5.01 Å². The molecule has 2 aromatic heterocycles. The molecule has 31 heavy (non-hydrogen) atoms. The van der Waals surface area contributed by atoms with Crippen LogP contribution in [0.15, 0.2) is 24.3 Å². The summed E-state index contributed by atoms with van der Waals surface area (Å²) in [7, 11) is 0. The van der Waals surface area contributed by atoms with Gasteiger partial charge in [0.2, 0.25) is 4.96 Å². The quantitative estimate of drug-likeness (QED) is 0.589. The predicted octanol–water partition coefficient (Wildman–Crippen LogP) is 3.49. The lowest BCUT2D eigenvalue weighted by atomic mass is 9.49. The van der Waals surface area contributed by atoms with Crippen LogP contribution >= 0.6 is 11.3 Å². The second-order valence-corrected chi connectivity index (χ2v) is 11.0. The summed E-state index contributed by atoms with van der Waals surface area (Å²) in [5.41, 5.74) is 1.13. The van der Waals surface area contributed by atoms with Crippen molar-refractivity contribution in [3.8, 4) is 0 Å². The molecule has 0 N–H and O–H groups in total. The van der Waals surface area contributed by atoms with Gasteiger partial charge in [-0.15, -0.1) is 10.2 Å². The van der Waals surface area contributed by atoms with E-state index in [1.807, 2.05) is 4.52 Å². The van der Waals surface area contributed by atoms with Gasteiger partial charge in [-0.1, -0.05) is 23.5 Å². The smallest absolute Gasteiger partial charge is 0.261 e. The third kappa shape index (κ3) is 2.54. The molecule has 8 heteroatoms. The number of fused-ring (bicyclic) bond motifs is 2. The zero-order chi connectivity index (χ0) is 20.7. The van der Waals surface area contributed by atoms with Crippen molar-refractivity contribution >= 4 is 28.1 Å². The number of hydrogen-bond donors (Lipinski definition) is 0. The van der Waals surface area contributed by atoms with E-state index in [1.165, 1.54) is 54.8 Å². The van der Waals surface area contributed by atoms with E-state index in [-0.39, 0.29) is 17.2 Å².